The molecule has 0 aromatic carbocycles. The molecule has 0 aliphatic heterocycles. The molecule has 2 aromatic rings. The van der Waals surface area contributed by atoms with E-state index in [1.165, 1.54) is 0 Å². The van der Waals surface area contributed by atoms with Gasteiger partial charge >= 0.3 is 41.5 Å². The molecule has 2 aromatic heterocycles. The first-order chi connectivity index (χ1) is 11.9. The molecule has 0 saturated carbocycles. The Morgan fingerprint density at radius 1 is 1.08 bits per heavy atom. The van der Waals surface area contributed by atoms with Crippen molar-refractivity contribution in [3.63, 3.8) is 0 Å². The zero-order chi connectivity index (χ0) is 19.2. The number of hydrogen-bond donors (Lipinski definition) is 1. The SMILES string of the molecule is CCOC(=O)c1nnc(Br)s1.CCOC(=O)c1nnc(N)s1.O=N[O-].[Na+]. The van der Waals surface area contributed by atoms with Crippen molar-refractivity contribution in [1.82, 2.24) is 20.4 Å². The number of hydrogen-bond acceptors (Lipinski definition) is 14. The van der Waals surface area contributed by atoms with Gasteiger partial charge in [0.25, 0.3) is 0 Å². The normalized spacial score (nSPS) is 8.58. The van der Waals surface area contributed by atoms with E-state index >= 15 is 0 Å². The molecule has 2 heterocycles. The maximum absolute atomic E-state index is 10.9. The van der Waals surface area contributed by atoms with Crippen LogP contribution < -0.4 is 35.3 Å². The van der Waals surface area contributed by atoms with E-state index in [-0.39, 0.29) is 44.7 Å². The summed E-state index contributed by atoms with van der Waals surface area (Å²) < 4.78 is 9.93. The van der Waals surface area contributed by atoms with Gasteiger partial charge in [-0.15, -0.1) is 25.7 Å². The Labute approximate surface area is 185 Å². The molecular weight excluding hydrogens is 467 g/mol. The molecule has 0 atom stereocenters. The zero-order valence-corrected chi connectivity index (χ0v) is 19.1. The minimum absolute atomic E-state index is 0. The average molecular weight is 479 g/mol. The van der Waals surface area contributed by atoms with Gasteiger partial charge in [-0.2, -0.15) is 0 Å². The number of carbonyl (C=O) groups is 2. The largest absolute Gasteiger partial charge is 1.00 e. The van der Waals surface area contributed by atoms with E-state index in [9.17, 15) is 9.59 Å². The van der Waals surface area contributed by atoms with Crippen LogP contribution in [0.5, 0.6) is 0 Å². The molecular formula is C10H12BrN6NaO6S2. The molecule has 0 radical (unpaired) electrons. The predicted molar refractivity (Wildman–Crippen MR) is 93.0 cm³/mol. The van der Waals surface area contributed by atoms with E-state index < -0.39 is 11.9 Å². The molecule has 16 heteroatoms. The van der Waals surface area contributed by atoms with Crippen molar-refractivity contribution in [3.8, 4) is 0 Å². The van der Waals surface area contributed by atoms with E-state index in [0.717, 1.165) is 28.0 Å². The summed E-state index contributed by atoms with van der Waals surface area (Å²) in [4.78, 5) is 29.8. The fourth-order valence-electron chi connectivity index (χ4n) is 0.991. The summed E-state index contributed by atoms with van der Waals surface area (Å²) in [5.41, 5.74) is 5.25. The molecule has 0 bridgehead atoms. The van der Waals surface area contributed by atoms with Crippen LogP contribution in [0.2, 0.25) is 0 Å². The molecule has 12 nitrogen and oxygen atoms in total. The van der Waals surface area contributed by atoms with Crippen LogP contribution in [0, 0.1) is 10.1 Å². The molecule has 138 valence electrons. The molecule has 0 amide bonds. The summed E-state index contributed by atoms with van der Waals surface area (Å²) in [6, 6.07) is 0. The van der Waals surface area contributed by atoms with E-state index in [1.807, 2.05) is 0 Å². The molecule has 0 aliphatic rings. The van der Waals surface area contributed by atoms with Crippen LogP contribution in [-0.4, -0.2) is 45.5 Å². The third kappa shape index (κ3) is 11.4. The van der Waals surface area contributed by atoms with Crippen LogP contribution in [-0.2, 0) is 9.47 Å². The monoisotopic (exact) mass is 478 g/mol. The summed E-state index contributed by atoms with van der Waals surface area (Å²) in [5, 5.41) is 23.9. The number of rotatable bonds is 4. The summed E-state index contributed by atoms with van der Waals surface area (Å²) in [6.45, 7) is 4.16. The van der Waals surface area contributed by atoms with Gasteiger partial charge in [0.15, 0.2) is 3.92 Å². The smallest absolute Gasteiger partial charge is 0.461 e. The maximum Gasteiger partial charge on any atom is 1.00 e. The third-order valence-electron chi connectivity index (χ3n) is 1.74. The molecule has 2 N–H and O–H groups in total. The van der Waals surface area contributed by atoms with E-state index in [4.69, 9.17) is 15.8 Å². The number of nitrogens with two attached hydrogens (primary N) is 1. The second kappa shape index (κ2) is 16.0. The van der Waals surface area contributed by atoms with Crippen LogP contribution in [0.15, 0.2) is 9.26 Å². The summed E-state index contributed by atoms with van der Waals surface area (Å²) >= 11 is 5.26. The van der Waals surface area contributed by atoms with Crippen molar-refractivity contribution in [1.29, 1.82) is 0 Å². The van der Waals surface area contributed by atoms with Crippen molar-refractivity contribution >= 4 is 55.7 Å². The summed E-state index contributed by atoms with van der Waals surface area (Å²) in [7, 11) is 0. The Kier molecular flexibility index (Phi) is 16.5. The second-order valence-corrected chi connectivity index (χ2v) is 6.58. The van der Waals surface area contributed by atoms with Crippen molar-refractivity contribution in [2.75, 3.05) is 18.9 Å². The number of nitrogens with zero attached hydrogens (tertiary/aromatic N) is 5. The first-order valence-electron chi connectivity index (χ1n) is 6.26. The van der Waals surface area contributed by atoms with Gasteiger partial charge in [-0.1, -0.05) is 22.7 Å². The average Bonchev–Trinajstić information content (AvgIpc) is 3.18. The van der Waals surface area contributed by atoms with Crippen molar-refractivity contribution in [2.45, 2.75) is 13.8 Å². The Bertz CT molecular complexity index is 632. The molecule has 0 fully saturated rings. The van der Waals surface area contributed by atoms with Gasteiger partial charge in [-0.25, -0.2) is 9.59 Å². The third-order valence-corrected chi connectivity index (χ3v) is 3.81. The minimum atomic E-state index is -0.471. The Balaban J connectivity index is 0. The quantitative estimate of drug-likeness (QED) is 0.246. The number of esters is 2. The fraction of sp³-hybridized carbons (Fsp3) is 0.400. The van der Waals surface area contributed by atoms with Gasteiger partial charge in [-0.3, -0.25) is 0 Å². The molecule has 26 heavy (non-hydrogen) atoms. The zero-order valence-electron chi connectivity index (χ0n) is 13.9. The number of anilines is 1. The number of halogens is 1. The standard InChI is InChI=1S/C5H5BrN2O2S.C5H7N3O2S.HNO2.Na/c2*1-2-10-4(9)3-7-8-5(6)11-3;2-1-3;/h2H2,1H3;2H2,1H3,(H2,6,8);(H,2,3);/q;;;+1/p-1. The predicted octanol–water partition coefficient (Wildman–Crippen LogP) is -0.971. The van der Waals surface area contributed by atoms with Gasteiger partial charge in [0, 0.05) is 0 Å². The van der Waals surface area contributed by atoms with Crippen LogP contribution in [0.4, 0.5) is 5.13 Å². The van der Waals surface area contributed by atoms with Crippen LogP contribution in [0.1, 0.15) is 33.5 Å². The summed E-state index contributed by atoms with van der Waals surface area (Å²) in [5.74, 6) is -0.891. The Hall–Kier alpha value is -1.26. The second-order valence-electron chi connectivity index (χ2n) is 3.32. The summed E-state index contributed by atoms with van der Waals surface area (Å²) in [6.07, 6.45) is 0. The van der Waals surface area contributed by atoms with Crippen molar-refractivity contribution < 1.29 is 48.6 Å². The van der Waals surface area contributed by atoms with Gasteiger partial charge in [0.2, 0.25) is 15.1 Å². The van der Waals surface area contributed by atoms with Crippen LogP contribution >= 0.6 is 38.6 Å². The molecule has 0 unspecified atom stereocenters. The first kappa shape index (κ1) is 27.0. The molecule has 2 rings (SSSR count). The van der Waals surface area contributed by atoms with Crippen molar-refractivity contribution in [2.24, 2.45) is 5.34 Å². The van der Waals surface area contributed by atoms with Gasteiger partial charge in [0.1, 0.15) is 0 Å². The number of carbonyl (C=O) groups excluding carboxylic acids is 2. The van der Waals surface area contributed by atoms with E-state index in [0.29, 0.717) is 17.1 Å². The van der Waals surface area contributed by atoms with Gasteiger partial charge in [-0.05, 0) is 29.8 Å². The number of nitrogen functional groups attached to an aromatic ring is 1. The minimum Gasteiger partial charge on any atom is -0.461 e. The number of ether oxygens (including phenoxy) is 2. The fourth-order valence-corrected chi connectivity index (χ4v) is 2.50. The van der Waals surface area contributed by atoms with E-state index in [1.54, 1.807) is 13.8 Å². The topological polar surface area (TPSA) is 183 Å². The van der Waals surface area contributed by atoms with Gasteiger partial charge in [0.05, 0.1) is 13.2 Å². The molecule has 0 aliphatic carbocycles. The van der Waals surface area contributed by atoms with Crippen LogP contribution in [0.25, 0.3) is 0 Å². The Morgan fingerprint density at radius 3 is 1.81 bits per heavy atom. The van der Waals surface area contributed by atoms with E-state index in [2.05, 4.69) is 45.8 Å². The Morgan fingerprint density at radius 2 is 1.50 bits per heavy atom. The molecule has 0 saturated heterocycles. The first-order valence-corrected chi connectivity index (χ1v) is 8.69. The van der Waals surface area contributed by atoms with Gasteiger partial charge < -0.3 is 25.3 Å². The molecule has 0 spiro atoms. The maximum atomic E-state index is 10.9. The number of aromatic nitrogens is 4. The van der Waals surface area contributed by atoms with Crippen LogP contribution in [0.3, 0.4) is 0 Å². The van der Waals surface area contributed by atoms with Crippen molar-refractivity contribution in [3.05, 3.63) is 24.0 Å².